The lowest BCUT2D eigenvalue weighted by Crippen LogP contribution is -2.51. The molecule has 1 aliphatic heterocycles. The predicted molar refractivity (Wildman–Crippen MR) is 70.2 cm³/mol. The number of aliphatic hydroxyl groups is 1. The molecular formula is C13H16N2O5. The Morgan fingerprint density at radius 2 is 2.25 bits per heavy atom. The van der Waals surface area contributed by atoms with Crippen molar-refractivity contribution in [3.05, 3.63) is 39.9 Å². The van der Waals surface area contributed by atoms with Crippen LogP contribution in [0.4, 0.5) is 5.69 Å². The van der Waals surface area contributed by atoms with Gasteiger partial charge in [-0.3, -0.25) is 14.9 Å². The SMILES string of the molecule is O=C(Cc1ccccc1[N+](=O)[O-])N1CCOCC1CO. The van der Waals surface area contributed by atoms with Crippen LogP contribution in [-0.2, 0) is 16.0 Å². The molecule has 1 unspecified atom stereocenters. The van der Waals surface area contributed by atoms with E-state index in [9.17, 15) is 20.0 Å². The van der Waals surface area contributed by atoms with Gasteiger partial charge in [-0.1, -0.05) is 18.2 Å². The average molecular weight is 280 g/mol. The molecule has 1 fully saturated rings. The number of nitro groups is 1. The highest BCUT2D eigenvalue weighted by Gasteiger charge is 2.28. The number of carbonyl (C=O) groups is 1. The van der Waals surface area contributed by atoms with Crippen LogP contribution >= 0.6 is 0 Å². The van der Waals surface area contributed by atoms with E-state index in [2.05, 4.69) is 0 Å². The van der Waals surface area contributed by atoms with Crippen molar-refractivity contribution < 1.29 is 19.6 Å². The van der Waals surface area contributed by atoms with Gasteiger partial charge in [0, 0.05) is 18.2 Å². The summed E-state index contributed by atoms with van der Waals surface area (Å²) in [5.74, 6) is -0.235. The van der Waals surface area contributed by atoms with Crippen LogP contribution in [0, 0.1) is 10.1 Å². The molecule has 20 heavy (non-hydrogen) atoms. The van der Waals surface area contributed by atoms with Crippen LogP contribution < -0.4 is 0 Å². The van der Waals surface area contributed by atoms with Crippen molar-refractivity contribution in [2.24, 2.45) is 0 Å². The number of hydrogen-bond acceptors (Lipinski definition) is 5. The number of para-hydroxylation sites is 1. The summed E-state index contributed by atoms with van der Waals surface area (Å²) < 4.78 is 5.20. The van der Waals surface area contributed by atoms with Crippen LogP contribution in [0.25, 0.3) is 0 Å². The van der Waals surface area contributed by atoms with Crippen LogP contribution in [0.2, 0.25) is 0 Å². The molecule has 0 aromatic heterocycles. The van der Waals surface area contributed by atoms with Crippen molar-refractivity contribution in [1.82, 2.24) is 4.90 Å². The molecule has 0 bridgehead atoms. The Morgan fingerprint density at radius 3 is 2.95 bits per heavy atom. The van der Waals surface area contributed by atoms with Crippen molar-refractivity contribution in [3.63, 3.8) is 0 Å². The minimum atomic E-state index is -0.495. The number of amides is 1. The minimum Gasteiger partial charge on any atom is -0.394 e. The zero-order valence-corrected chi connectivity index (χ0v) is 10.9. The molecule has 7 nitrogen and oxygen atoms in total. The largest absolute Gasteiger partial charge is 0.394 e. The molecule has 108 valence electrons. The number of nitro benzene ring substituents is 1. The fourth-order valence-electron chi connectivity index (χ4n) is 2.24. The fraction of sp³-hybridized carbons (Fsp3) is 0.462. The number of carbonyl (C=O) groups excluding carboxylic acids is 1. The second-order valence-corrected chi connectivity index (χ2v) is 4.56. The molecule has 0 aliphatic carbocycles. The topological polar surface area (TPSA) is 92.9 Å². The van der Waals surface area contributed by atoms with E-state index >= 15 is 0 Å². The van der Waals surface area contributed by atoms with E-state index in [-0.39, 0.29) is 30.7 Å². The van der Waals surface area contributed by atoms with Gasteiger partial charge < -0.3 is 14.7 Å². The third kappa shape index (κ3) is 3.12. The molecule has 0 saturated carbocycles. The van der Waals surface area contributed by atoms with Gasteiger partial charge >= 0.3 is 0 Å². The molecule has 1 saturated heterocycles. The maximum Gasteiger partial charge on any atom is 0.273 e. The Balaban J connectivity index is 2.13. The molecule has 1 heterocycles. The summed E-state index contributed by atoms with van der Waals surface area (Å²) >= 11 is 0. The van der Waals surface area contributed by atoms with Crippen LogP contribution in [0.15, 0.2) is 24.3 Å². The average Bonchev–Trinajstić information content (AvgIpc) is 2.47. The van der Waals surface area contributed by atoms with E-state index in [4.69, 9.17) is 4.74 Å². The minimum absolute atomic E-state index is 0.0480. The lowest BCUT2D eigenvalue weighted by molar-refractivity contribution is -0.385. The van der Waals surface area contributed by atoms with Crippen LogP contribution in [-0.4, -0.2) is 53.2 Å². The van der Waals surface area contributed by atoms with Gasteiger partial charge in [-0.25, -0.2) is 0 Å². The molecule has 7 heteroatoms. The lowest BCUT2D eigenvalue weighted by atomic mass is 10.1. The normalized spacial score (nSPS) is 18.9. The quantitative estimate of drug-likeness (QED) is 0.635. The number of morpholine rings is 1. The summed E-state index contributed by atoms with van der Waals surface area (Å²) in [5, 5.41) is 20.2. The smallest absolute Gasteiger partial charge is 0.273 e. The molecule has 1 atom stereocenters. The van der Waals surface area contributed by atoms with Gasteiger partial charge in [0.05, 0.1) is 37.2 Å². The molecule has 1 N–H and O–H groups in total. The summed E-state index contributed by atoms with van der Waals surface area (Å²) in [4.78, 5) is 24.2. The Kier molecular flexibility index (Phi) is 4.65. The van der Waals surface area contributed by atoms with E-state index in [0.29, 0.717) is 25.3 Å². The third-order valence-corrected chi connectivity index (χ3v) is 3.29. The fourth-order valence-corrected chi connectivity index (χ4v) is 2.24. The van der Waals surface area contributed by atoms with E-state index in [1.165, 1.54) is 11.0 Å². The highest BCUT2D eigenvalue weighted by molar-refractivity contribution is 5.80. The van der Waals surface area contributed by atoms with Gasteiger partial charge in [0.25, 0.3) is 5.69 Å². The summed E-state index contributed by atoms with van der Waals surface area (Å²) in [6, 6.07) is 5.81. The van der Waals surface area contributed by atoms with Gasteiger partial charge in [0.1, 0.15) is 0 Å². The van der Waals surface area contributed by atoms with Crippen LogP contribution in [0.5, 0.6) is 0 Å². The third-order valence-electron chi connectivity index (χ3n) is 3.29. The van der Waals surface area contributed by atoms with Gasteiger partial charge in [-0.05, 0) is 0 Å². The zero-order valence-electron chi connectivity index (χ0n) is 10.9. The summed E-state index contributed by atoms with van der Waals surface area (Å²) in [6.07, 6.45) is -0.0480. The maximum absolute atomic E-state index is 12.2. The molecule has 1 aromatic rings. The van der Waals surface area contributed by atoms with Gasteiger partial charge in [-0.2, -0.15) is 0 Å². The summed E-state index contributed by atoms with van der Waals surface area (Å²) in [5.41, 5.74) is 0.320. The Hall–Kier alpha value is -1.99. The molecular weight excluding hydrogens is 264 g/mol. The number of benzene rings is 1. The Labute approximate surface area is 115 Å². The summed E-state index contributed by atoms with van der Waals surface area (Å²) in [6.45, 7) is 0.922. The predicted octanol–water partition coefficient (Wildman–Crippen LogP) is 0.357. The standard InChI is InChI=1S/C13H16N2O5/c16-8-11-9-20-6-5-14(11)13(17)7-10-3-1-2-4-12(10)15(18)19/h1-4,11,16H,5-9H2. The van der Waals surface area contributed by atoms with Crippen LogP contribution in [0.3, 0.4) is 0 Å². The Morgan fingerprint density at radius 1 is 1.50 bits per heavy atom. The second-order valence-electron chi connectivity index (χ2n) is 4.56. The Bertz CT molecular complexity index is 505. The van der Waals surface area contributed by atoms with Crippen molar-refractivity contribution in [2.45, 2.75) is 12.5 Å². The molecule has 1 aliphatic rings. The van der Waals surface area contributed by atoms with Crippen LogP contribution in [0.1, 0.15) is 5.56 Å². The van der Waals surface area contributed by atoms with Crippen molar-refractivity contribution in [1.29, 1.82) is 0 Å². The highest BCUT2D eigenvalue weighted by atomic mass is 16.6. The highest BCUT2D eigenvalue weighted by Crippen LogP contribution is 2.19. The van der Waals surface area contributed by atoms with Gasteiger partial charge in [0.15, 0.2) is 0 Å². The van der Waals surface area contributed by atoms with Gasteiger partial charge in [-0.15, -0.1) is 0 Å². The van der Waals surface area contributed by atoms with E-state index < -0.39 is 4.92 Å². The van der Waals surface area contributed by atoms with Crippen molar-refractivity contribution in [3.8, 4) is 0 Å². The lowest BCUT2D eigenvalue weighted by Gasteiger charge is -2.34. The first-order valence-corrected chi connectivity index (χ1v) is 6.34. The summed E-state index contributed by atoms with van der Waals surface area (Å²) in [7, 11) is 0. The molecule has 2 rings (SSSR count). The van der Waals surface area contributed by atoms with E-state index in [1.807, 2.05) is 0 Å². The first kappa shape index (κ1) is 14.4. The van der Waals surface area contributed by atoms with E-state index in [0.717, 1.165) is 0 Å². The monoisotopic (exact) mass is 280 g/mol. The van der Waals surface area contributed by atoms with Crippen molar-refractivity contribution in [2.75, 3.05) is 26.4 Å². The number of nitrogens with zero attached hydrogens (tertiary/aromatic N) is 2. The first-order valence-electron chi connectivity index (χ1n) is 6.34. The van der Waals surface area contributed by atoms with Gasteiger partial charge in [0.2, 0.25) is 5.91 Å². The number of ether oxygens (including phenoxy) is 1. The molecule has 0 radical (unpaired) electrons. The van der Waals surface area contributed by atoms with Crippen molar-refractivity contribution >= 4 is 11.6 Å². The van der Waals surface area contributed by atoms with E-state index in [1.54, 1.807) is 18.2 Å². The maximum atomic E-state index is 12.2. The molecule has 1 amide bonds. The number of hydrogen-bond donors (Lipinski definition) is 1. The molecule has 0 spiro atoms. The zero-order chi connectivity index (χ0) is 14.5. The number of aliphatic hydroxyl groups excluding tert-OH is 1. The first-order chi connectivity index (χ1) is 9.63. The number of rotatable bonds is 4. The second kappa shape index (κ2) is 6.44. The molecule has 1 aromatic carbocycles.